The van der Waals surface area contributed by atoms with E-state index in [0.717, 1.165) is 6.54 Å². The number of hydrogen-bond acceptors (Lipinski definition) is 2. The van der Waals surface area contributed by atoms with Crippen molar-refractivity contribution in [2.24, 2.45) is 0 Å². The van der Waals surface area contributed by atoms with Crippen LogP contribution in [-0.2, 0) is 0 Å². The fourth-order valence-corrected chi connectivity index (χ4v) is 0.688. The summed E-state index contributed by atoms with van der Waals surface area (Å²) in [5.74, 6) is 0. The Morgan fingerprint density at radius 3 is 2.33 bits per heavy atom. The highest BCUT2D eigenvalue weighted by atomic mass is 16.2. The predicted octanol–water partition coefficient (Wildman–Crippen LogP) is 0.256. The van der Waals surface area contributed by atoms with Crippen molar-refractivity contribution in [1.29, 1.82) is 0 Å². The molecule has 0 rings (SSSR count). The number of nitrogens with zero attached hydrogens (tertiary/aromatic N) is 1. The summed E-state index contributed by atoms with van der Waals surface area (Å²) in [6.07, 6.45) is 0. The summed E-state index contributed by atoms with van der Waals surface area (Å²) in [5.41, 5.74) is 0. The second kappa shape index (κ2) is 5.83. The van der Waals surface area contributed by atoms with Gasteiger partial charge >= 0.3 is 6.03 Å². The first kappa shape index (κ1) is 11.2. The van der Waals surface area contributed by atoms with Crippen LogP contribution < -0.4 is 10.6 Å². The zero-order chi connectivity index (χ0) is 9.56. The third kappa shape index (κ3) is 5.97. The van der Waals surface area contributed by atoms with Gasteiger partial charge in [0.1, 0.15) is 0 Å². The lowest BCUT2D eigenvalue weighted by Gasteiger charge is -2.13. The van der Waals surface area contributed by atoms with E-state index in [1.54, 1.807) is 14.1 Å². The molecule has 0 aliphatic rings. The molecule has 0 fully saturated rings. The van der Waals surface area contributed by atoms with E-state index in [1.807, 2.05) is 0 Å². The number of rotatable bonds is 4. The molecule has 2 N–H and O–H groups in total. The maximum atomic E-state index is 11.0. The number of carbonyl (C=O) groups is 1. The number of carbonyl (C=O) groups excluding carboxylic acids is 1. The van der Waals surface area contributed by atoms with Crippen LogP contribution in [0.3, 0.4) is 0 Å². The van der Waals surface area contributed by atoms with E-state index in [9.17, 15) is 4.79 Å². The molecular weight excluding hydrogens is 154 g/mol. The number of urea groups is 1. The first-order chi connectivity index (χ1) is 5.54. The van der Waals surface area contributed by atoms with E-state index in [-0.39, 0.29) is 6.03 Å². The molecule has 0 saturated carbocycles. The second-order valence-corrected chi connectivity index (χ2v) is 3.24. The van der Waals surface area contributed by atoms with Crippen LogP contribution in [0.1, 0.15) is 13.8 Å². The summed E-state index contributed by atoms with van der Waals surface area (Å²) < 4.78 is 0. The molecule has 0 unspecified atom stereocenters. The Kier molecular flexibility index (Phi) is 5.45. The zero-order valence-electron chi connectivity index (χ0n) is 8.35. The maximum absolute atomic E-state index is 11.0. The van der Waals surface area contributed by atoms with Gasteiger partial charge in [-0.2, -0.15) is 0 Å². The largest absolute Gasteiger partial charge is 0.337 e. The van der Waals surface area contributed by atoms with E-state index in [2.05, 4.69) is 24.5 Å². The van der Waals surface area contributed by atoms with Crippen LogP contribution in [0.2, 0.25) is 0 Å². The van der Waals surface area contributed by atoms with Crippen molar-refractivity contribution in [3.8, 4) is 0 Å². The first-order valence-corrected chi connectivity index (χ1v) is 4.22. The summed E-state index contributed by atoms with van der Waals surface area (Å²) in [4.78, 5) is 12.5. The molecule has 12 heavy (non-hydrogen) atoms. The molecule has 0 aliphatic carbocycles. The molecule has 2 amide bonds. The fraction of sp³-hybridized carbons (Fsp3) is 0.875. The van der Waals surface area contributed by atoms with Crippen LogP contribution in [0.15, 0.2) is 0 Å². The molecule has 4 heteroatoms. The van der Waals surface area contributed by atoms with Crippen molar-refractivity contribution >= 4 is 6.03 Å². The summed E-state index contributed by atoms with van der Waals surface area (Å²) >= 11 is 0. The van der Waals surface area contributed by atoms with Crippen LogP contribution in [0.5, 0.6) is 0 Å². The summed E-state index contributed by atoms with van der Waals surface area (Å²) in [6, 6.07) is 0.432. The minimum absolute atomic E-state index is 0.0412. The Labute approximate surface area is 74.3 Å². The Bertz CT molecular complexity index is 134. The highest BCUT2D eigenvalue weighted by Crippen LogP contribution is 1.76. The lowest BCUT2D eigenvalue weighted by atomic mass is 10.4. The molecule has 0 heterocycles. The van der Waals surface area contributed by atoms with Crippen molar-refractivity contribution in [2.75, 3.05) is 27.2 Å². The van der Waals surface area contributed by atoms with Crippen molar-refractivity contribution in [1.82, 2.24) is 15.5 Å². The lowest BCUT2D eigenvalue weighted by Crippen LogP contribution is -2.39. The molecular formula is C8H19N3O. The lowest BCUT2D eigenvalue weighted by molar-refractivity contribution is 0.217. The molecule has 0 radical (unpaired) electrons. The minimum atomic E-state index is -0.0412. The van der Waals surface area contributed by atoms with Crippen molar-refractivity contribution in [3.05, 3.63) is 0 Å². The van der Waals surface area contributed by atoms with Gasteiger partial charge in [-0.3, -0.25) is 0 Å². The summed E-state index contributed by atoms with van der Waals surface area (Å²) in [5, 5.41) is 5.97. The van der Waals surface area contributed by atoms with Crippen molar-refractivity contribution < 1.29 is 4.79 Å². The smallest absolute Gasteiger partial charge is 0.316 e. The SMILES string of the molecule is CC(C)NCCNC(=O)N(C)C. The van der Waals surface area contributed by atoms with Gasteiger partial charge in [-0.1, -0.05) is 13.8 Å². The Balaban J connectivity index is 3.26. The van der Waals surface area contributed by atoms with E-state index in [4.69, 9.17) is 0 Å². The minimum Gasteiger partial charge on any atom is -0.337 e. The fourth-order valence-electron chi connectivity index (χ4n) is 0.688. The van der Waals surface area contributed by atoms with Gasteiger partial charge in [-0.15, -0.1) is 0 Å². The quantitative estimate of drug-likeness (QED) is 0.599. The molecule has 0 aromatic heterocycles. The van der Waals surface area contributed by atoms with E-state index in [1.165, 1.54) is 4.90 Å². The Morgan fingerprint density at radius 1 is 1.33 bits per heavy atom. The first-order valence-electron chi connectivity index (χ1n) is 4.22. The summed E-state index contributed by atoms with van der Waals surface area (Å²) in [7, 11) is 3.45. The van der Waals surface area contributed by atoms with Gasteiger partial charge in [-0.05, 0) is 0 Å². The average molecular weight is 173 g/mol. The molecule has 0 spiro atoms. The van der Waals surface area contributed by atoms with Crippen molar-refractivity contribution in [3.63, 3.8) is 0 Å². The van der Waals surface area contributed by atoms with Crippen LogP contribution >= 0.6 is 0 Å². The molecule has 0 aromatic rings. The van der Waals surface area contributed by atoms with Crippen LogP contribution in [0.4, 0.5) is 4.79 Å². The van der Waals surface area contributed by atoms with Crippen LogP contribution in [-0.4, -0.2) is 44.2 Å². The predicted molar refractivity (Wildman–Crippen MR) is 50.2 cm³/mol. The highest BCUT2D eigenvalue weighted by molar-refractivity contribution is 5.73. The van der Waals surface area contributed by atoms with E-state index < -0.39 is 0 Å². The van der Waals surface area contributed by atoms with Crippen LogP contribution in [0.25, 0.3) is 0 Å². The molecule has 0 aromatic carbocycles. The standard InChI is InChI=1S/C8H19N3O/c1-7(2)9-5-6-10-8(12)11(3)4/h7,9H,5-6H2,1-4H3,(H,10,12). The molecule has 4 nitrogen and oxygen atoms in total. The van der Waals surface area contributed by atoms with Gasteiger partial charge in [0.05, 0.1) is 0 Å². The highest BCUT2D eigenvalue weighted by Gasteiger charge is 2.00. The van der Waals surface area contributed by atoms with Gasteiger partial charge in [0.2, 0.25) is 0 Å². The van der Waals surface area contributed by atoms with Gasteiger partial charge in [-0.25, -0.2) is 4.79 Å². The molecule has 0 saturated heterocycles. The topological polar surface area (TPSA) is 44.4 Å². The zero-order valence-corrected chi connectivity index (χ0v) is 8.35. The molecule has 0 aliphatic heterocycles. The monoisotopic (exact) mass is 173 g/mol. The third-order valence-corrected chi connectivity index (χ3v) is 1.36. The maximum Gasteiger partial charge on any atom is 0.316 e. The Morgan fingerprint density at radius 2 is 1.92 bits per heavy atom. The van der Waals surface area contributed by atoms with Gasteiger partial charge in [0.25, 0.3) is 0 Å². The van der Waals surface area contributed by atoms with Gasteiger partial charge in [0.15, 0.2) is 0 Å². The van der Waals surface area contributed by atoms with E-state index in [0.29, 0.717) is 12.6 Å². The molecule has 0 bridgehead atoms. The average Bonchev–Trinajstić information content (AvgIpc) is 1.97. The van der Waals surface area contributed by atoms with Crippen molar-refractivity contribution in [2.45, 2.75) is 19.9 Å². The number of nitrogens with one attached hydrogen (secondary N) is 2. The van der Waals surface area contributed by atoms with Crippen LogP contribution in [0, 0.1) is 0 Å². The second-order valence-electron chi connectivity index (χ2n) is 3.24. The third-order valence-electron chi connectivity index (χ3n) is 1.36. The van der Waals surface area contributed by atoms with E-state index >= 15 is 0 Å². The number of amides is 2. The molecule has 72 valence electrons. The number of hydrogen-bond donors (Lipinski definition) is 2. The molecule has 0 atom stereocenters. The summed E-state index contributed by atoms with van der Waals surface area (Å²) in [6.45, 7) is 5.65. The van der Waals surface area contributed by atoms with Gasteiger partial charge in [0, 0.05) is 33.2 Å². The Hall–Kier alpha value is -0.770. The van der Waals surface area contributed by atoms with Gasteiger partial charge < -0.3 is 15.5 Å². The normalized spacial score (nSPS) is 10.1.